The van der Waals surface area contributed by atoms with Crippen molar-refractivity contribution in [1.82, 2.24) is 19.9 Å². The highest BCUT2D eigenvalue weighted by Crippen LogP contribution is 2.35. The highest BCUT2D eigenvalue weighted by atomic mass is 79.9. The van der Waals surface area contributed by atoms with E-state index >= 15 is 0 Å². The molecule has 4 aromatic carbocycles. The van der Waals surface area contributed by atoms with Crippen LogP contribution in [-0.2, 0) is 0 Å². The van der Waals surface area contributed by atoms with Crippen LogP contribution in [0.25, 0.3) is 56.3 Å². The first-order valence-electron chi connectivity index (χ1n) is 11.0. The first-order valence-corrected chi connectivity index (χ1v) is 11.8. The monoisotopic (exact) mass is 502 g/mol. The number of aromatic amines is 1. The second-order valence-corrected chi connectivity index (χ2v) is 8.88. The van der Waals surface area contributed by atoms with E-state index in [1.807, 2.05) is 60.7 Å². The van der Waals surface area contributed by atoms with Gasteiger partial charge in [-0.3, -0.25) is 0 Å². The van der Waals surface area contributed by atoms with Gasteiger partial charge in [-0.05, 0) is 23.3 Å². The van der Waals surface area contributed by atoms with Crippen LogP contribution in [0.4, 0.5) is 0 Å². The number of hydrogen-bond acceptors (Lipinski definition) is 3. The Bertz CT molecular complexity index is 1520. The fraction of sp³-hybridized carbons (Fsp3) is 0. The standard InChI is InChI=1S/C29H19BrN4/c30-22-16-17-23(19-10-4-1-5-11-19)24(18-22)27-33-28-29(34-27)32-26(21-14-8-3-9-15-21)25(31-28)20-12-6-2-7-13-20/h1-18H,(H,31,32,33,34). The second kappa shape index (κ2) is 8.69. The van der Waals surface area contributed by atoms with E-state index in [2.05, 4.69) is 69.4 Å². The third-order valence-electron chi connectivity index (χ3n) is 5.75. The summed E-state index contributed by atoms with van der Waals surface area (Å²) < 4.78 is 0.985. The van der Waals surface area contributed by atoms with Gasteiger partial charge >= 0.3 is 0 Å². The fourth-order valence-electron chi connectivity index (χ4n) is 4.14. The van der Waals surface area contributed by atoms with Crippen LogP contribution < -0.4 is 0 Å². The third kappa shape index (κ3) is 3.80. The van der Waals surface area contributed by atoms with E-state index in [0.29, 0.717) is 11.3 Å². The molecule has 0 aliphatic heterocycles. The number of rotatable bonds is 4. The summed E-state index contributed by atoms with van der Waals surface area (Å²) in [4.78, 5) is 18.3. The van der Waals surface area contributed by atoms with Gasteiger partial charge in [0.25, 0.3) is 0 Å². The Morgan fingerprint density at radius 3 is 1.71 bits per heavy atom. The molecule has 1 N–H and O–H groups in total. The van der Waals surface area contributed by atoms with Crippen LogP contribution in [0.3, 0.4) is 0 Å². The van der Waals surface area contributed by atoms with Crippen molar-refractivity contribution in [1.29, 1.82) is 0 Å². The van der Waals surface area contributed by atoms with Crippen molar-refractivity contribution in [2.75, 3.05) is 0 Å². The third-order valence-corrected chi connectivity index (χ3v) is 6.24. The van der Waals surface area contributed by atoms with Gasteiger partial charge in [0.05, 0.1) is 11.4 Å². The van der Waals surface area contributed by atoms with Crippen molar-refractivity contribution >= 4 is 27.2 Å². The molecule has 0 bridgehead atoms. The van der Waals surface area contributed by atoms with Gasteiger partial charge in [-0.25, -0.2) is 15.0 Å². The summed E-state index contributed by atoms with van der Waals surface area (Å²) >= 11 is 3.62. The van der Waals surface area contributed by atoms with Crippen molar-refractivity contribution in [3.8, 4) is 45.0 Å². The lowest BCUT2D eigenvalue weighted by Crippen LogP contribution is -1.94. The minimum absolute atomic E-state index is 0.590. The Balaban J connectivity index is 1.57. The first-order chi connectivity index (χ1) is 16.8. The summed E-state index contributed by atoms with van der Waals surface area (Å²) in [6.07, 6.45) is 0. The quantitative estimate of drug-likeness (QED) is 0.267. The number of H-pyrrole nitrogens is 1. The van der Waals surface area contributed by atoms with Crippen LogP contribution in [0.2, 0.25) is 0 Å². The topological polar surface area (TPSA) is 54.5 Å². The van der Waals surface area contributed by atoms with E-state index in [0.717, 1.165) is 49.5 Å². The summed E-state index contributed by atoms with van der Waals surface area (Å²) in [5.41, 5.74) is 8.12. The molecule has 4 nitrogen and oxygen atoms in total. The van der Waals surface area contributed by atoms with Gasteiger partial charge in [0, 0.05) is 21.2 Å². The maximum atomic E-state index is 5.00. The maximum Gasteiger partial charge on any atom is 0.198 e. The summed E-state index contributed by atoms with van der Waals surface area (Å²) in [6.45, 7) is 0. The van der Waals surface area contributed by atoms with Crippen LogP contribution >= 0.6 is 15.9 Å². The molecule has 0 aliphatic rings. The fourth-order valence-corrected chi connectivity index (χ4v) is 4.50. The van der Waals surface area contributed by atoms with Crippen molar-refractivity contribution in [2.24, 2.45) is 0 Å². The number of nitrogens with zero attached hydrogens (tertiary/aromatic N) is 3. The second-order valence-electron chi connectivity index (χ2n) is 7.97. The lowest BCUT2D eigenvalue weighted by atomic mass is 9.99. The van der Waals surface area contributed by atoms with E-state index in [-0.39, 0.29) is 0 Å². The van der Waals surface area contributed by atoms with Gasteiger partial charge in [-0.1, -0.05) is 113 Å². The molecule has 162 valence electrons. The molecule has 2 aromatic heterocycles. The van der Waals surface area contributed by atoms with E-state index < -0.39 is 0 Å². The average molecular weight is 503 g/mol. The molecule has 34 heavy (non-hydrogen) atoms. The van der Waals surface area contributed by atoms with Gasteiger partial charge in [-0.15, -0.1) is 0 Å². The normalized spacial score (nSPS) is 11.1. The van der Waals surface area contributed by atoms with Crippen LogP contribution in [0.5, 0.6) is 0 Å². The van der Waals surface area contributed by atoms with Gasteiger partial charge in [-0.2, -0.15) is 0 Å². The Kier molecular flexibility index (Phi) is 5.24. The maximum absolute atomic E-state index is 5.00. The van der Waals surface area contributed by atoms with E-state index in [1.165, 1.54) is 0 Å². The SMILES string of the molecule is Brc1ccc(-c2ccccc2)c(-c2nc3nc(-c4ccccc4)c(-c4ccccc4)nc3[nH]2)c1. The number of imidazole rings is 1. The van der Waals surface area contributed by atoms with Gasteiger partial charge < -0.3 is 4.98 Å². The van der Waals surface area contributed by atoms with Crippen molar-refractivity contribution in [3.63, 3.8) is 0 Å². The number of halogens is 1. The Labute approximate surface area is 205 Å². The molecule has 6 aromatic rings. The average Bonchev–Trinajstić information content (AvgIpc) is 3.32. The molecule has 6 rings (SSSR count). The highest BCUT2D eigenvalue weighted by Gasteiger charge is 2.18. The highest BCUT2D eigenvalue weighted by molar-refractivity contribution is 9.10. The summed E-state index contributed by atoms with van der Waals surface area (Å²) in [6, 6.07) is 36.8. The molecule has 0 unspecified atom stereocenters. The van der Waals surface area contributed by atoms with Crippen LogP contribution in [0.1, 0.15) is 0 Å². The Hall–Kier alpha value is -4.09. The summed E-state index contributed by atoms with van der Waals surface area (Å²) in [7, 11) is 0. The van der Waals surface area contributed by atoms with E-state index in [1.54, 1.807) is 0 Å². The molecule has 0 radical (unpaired) electrons. The van der Waals surface area contributed by atoms with Crippen molar-refractivity contribution in [3.05, 3.63) is 114 Å². The number of fused-ring (bicyclic) bond motifs is 1. The lowest BCUT2D eigenvalue weighted by Gasteiger charge is -2.08. The Morgan fingerprint density at radius 2 is 1.09 bits per heavy atom. The zero-order valence-corrected chi connectivity index (χ0v) is 19.7. The lowest BCUT2D eigenvalue weighted by molar-refractivity contribution is 1.26. The summed E-state index contributed by atoms with van der Waals surface area (Å²) in [5.74, 6) is 0.736. The van der Waals surface area contributed by atoms with Gasteiger partial charge in [0.15, 0.2) is 11.3 Å². The number of hydrogen-bond donors (Lipinski definition) is 1. The minimum atomic E-state index is 0.590. The molecule has 0 atom stereocenters. The zero-order chi connectivity index (χ0) is 22.9. The van der Waals surface area contributed by atoms with Gasteiger partial charge in [0.2, 0.25) is 0 Å². The Morgan fingerprint density at radius 1 is 0.529 bits per heavy atom. The van der Waals surface area contributed by atoms with Crippen LogP contribution in [0.15, 0.2) is 114 Å². The van der Waals surface area contributed by atoms with Crippen molar-refractivity contribution < 1.29 is 0 Å². The molecule has 0 fully saturated rings. The zero-order valence-electron chi connectivity index (χ0n) is 18.1. The smallest absolute Gasteiger partial charge is 0.198 e. The number of aromatic nitrogens is 4. The molecular weight excluding hydrogens is 484 g/mol. The van der Waals surface area contributed by atoms with Crippen molar-refractivity contribution in [2.45, 2.75) is 0 Å². The first kappa shape index (κ1) is 20.5. The van der Waals surface area contributed by atoms with Gasteiger partial charge in [0.1, 0.15) is 5.82 Å². The van der Waals surface area contributed by atoms with E-state index in [4.69, 9.17) is 15.0 Å². The predicted molar refractivity (Wildman–Crippen MR) is 141 cm³/mol. The predicted octanol–water partition coefficient (Wildman–Crippen LogP) is 7.78. The molecular formula is C29H19BrN4. The molecule has 0 amide bonds. The number of benzene rings is 4. The molecule has 5 heteroatoms. The largest absolute Gasteiger partial charge is 0.321 e. The summed E-state index contributed by atoms with van der Waals surface area (Å²) in [5, 5.41) is 0. The van der Waals surface area contributed by atoms with E-state index in [9.17, 15) is 0 Å². The van der Waals surface area contributed by atoms with Crippen LogP contribution in [-0.4, -0.2) is 19.9 Å². The molecule has 0 saturated heterocycles. The molecule has 0 saturated carbocycles. The molecule has 2 heterocycles. The van der Waals surface area contributed by atoms with Crippen LogP contribution in [0, 0.1) is 0 Å². The minimum Gasteiger partial charge on any atom is -0.321 e. The molecule has 0 spiro atoms. The molecule has 0 aliphatic carbocycles. The number of nitrogens with one attached hydrogen (secondary N) is 1.